The minimum Gasteiger partial charge on any atom is -0.544 e. The fourth-order valence-electron chi connectivity index (χ4n) is 3.64. The van der Waals surface area contributed by atoms with E-state index in [4.69, 9.17) is 0 Å². The lowest BCUT2D eigenvalue weighted by Crippen LogP contribution is -2.95. The predicted molar refractivity (Wildman–Crippen MR) is 87.7 cm³/mol. The molecule has 3 N–H and O–H groups in total. The molecule has 0 unspecified atom stereocenters. The molecule has 5 nitrogen and oxygen atoms in total. The summed E-state index contributed by atoms with van der Waals surface area (Å²) in [4.78, 5) is 14.8. The monoisotopic (exact) mass is 376 g/mol. The number of carboxylic acid groups (broad SMARTS) is 1. The molecular formula is C19H15F3N2O3. The molecular weight excluding hydrogens is 361 g/mol. The van der Waals surface area contributed by atoms with Crippen LogP contribution in [0.15, 0.2) is 48.5 Å². The van der Waals surface area contributed by atoms with Gasteiger partial charge in [0, 0.05) is 22.9 Å². The van der Waals surface area contributed by atoms with Gasteiger partial charge in [-0.1, -0.05) is 18.2 Å². The van der Waals surface area contributed by atoms with Crippen molar-refractivity contribution in [2.75, 3.05) is 0 Å². The number of aromatic amines is 1. The Hall–Kier alpha value is -3.00. The molecule has 1 aliphatic rings. The SMILES string of the molecule is O=C([O-])[C@H]1Cc2c([nH]c3ccccc23)[C@@H](c2ccc(OC(F)(F)F)cc2)[NH2+]1. The summed E-state index contributed by atoms with van der Waals surface area (Å²) < 4.78 is 40.9. The largest absolute Gasteiger partial charge is 0.573 e. The van der Waals surface area contributed by atoms with Crippen LogP contribution in [0.5, 0.6) is 5.75 Å². The Morgan fingerprint density at radius 3 is 2.52 bits per heavy atom. The van der Waals surface area contributed by atoms with E-state index in [0.29, 0.717) is 12.0 Å². The van der Waals surface area contributed by atoms with Crippen molar-refractivity contribution in [3.8, 4) is 5.75 Å². The molecule has 2 aromatic carbocycles. The molecule has 0 saturated heterocycles. The quantitative estimate of drug-likeness (QED) is 0.725. The van der Waals surface area contributed by atoms with Crippen LogP contribution in [-0.4, -0.2) is 23.4 Å². The highest BCUT2D eigenvalue weighted by Crippen LogP contribution is 2.33. The first kappa shape index (κ1) is 17.4. The van der Waals surface area contributed by atoms with Crippen molar-refractivity contribution in [1.29, 1.82) is 0 Å². The Morgan fingerprint density at radius 2 is 1.85 bits per heavy atom. The van der Waals surface area contributed by atoms with Crippen LogP contribution in [0.2, 0.25) is 0 Å². The summed E-state index contributed by atoms with van der Waals surface area (Å²) in [5.41, 5.74) is 3.29. The van der Waals surface area contributed by atoms with Crippen molar-refractivity contribution >= 4 is 16.9 Å². The fourth-order valence-corrected chi connectivity index (χ4v) is 3.64. The Labute approximate surface area is 151 Å². The van der Waals surface area contributed by atoms with Gasteiger partial charge in [0.1, 0.15) is 11.8 Å². The Bertz CT molecular complexity index is 996. The number of rotatable bonds is 3. The van der Waals surface area contributed by atoms with Gasteiger partial charge < -0.3 is 24.9 Å². The topological polar surface area (TPSA) is 81.8 Å². The molecule has 2 heterocycles. The number of ether oxygens (including phenoxy) is 1. The van der Waals surface area contributed by atoms with Gasteiger partial charge in [0.15, 0.2) is 6.04 Å². The summed E-state index contributed by atoms with van der Waals surface area (Å²) in [5.74, 6) is -1.50. The number of quaternary nitrogens is 1. The molecule has 0 radical (unpaired) electrons. The molecule has 4 rings (SSSR count). The number of carbonyl (C=O) groups excluding carboxylic acids is 1. The van der Waals surface area contributed by atoms with Gasteiger partial charge in [0.25, 0.3) is 0 Å². The standard InChI is InChI=1S/C19H15F3N2O3/c20-19(21,22)27-11-7-5-10(6-8-11)16-17-13(9-15(24-16)18(25)26)12-3-1-2-4-14(12)23-17/h1-8,15-16,23-24H,9H2,(H,25,26)/t15-,16-/m1/s1. The molecule has 2 atom stereocenters. The van der Waals surface area contributed by atoms with E-state index in [9.17, 15) is 23.1 Å². The van der Waals surface area contributed by atoms with Gasteiger partial charge in [0.2, 0.25) is 0 Å². The fraction of sp³-hybridized carbons (Fsp3) is 0.211. The van der Waals surface area contributed by atoms with Crippen molar-refractivity contribution in [2.24, 2.45) is 0 Å². The lowest BCUT2D eigenvalue weighted by molar-refractivity contribution is -0.717. The highest BCUT2D eigenvalue weighted by molar-refractivity contribution is 5.86. The van der Waals surface area contributed by atoms with Crippen LogP contribution in [0, 0.1) is 0 Å². The number of carbonyl (C=O) groups is 1. The molecule has 8 heteroatoms. The summed E-state index contributed by atoms with van der Waals surface area (Å²) in [7, 11) is 0. The number of alkyl halides is 3. The number of aliphatic carboxylic acids is 1. The van der Waals surface area contributed by atoms with E-state index in [1.807, 2.05) is 24.3 Å². The summed E-state index contributed by atoms with van der Waals surface area (Å²) in [6, 6.07) is 11.9. The van der Waals surface area contributed by atoms with E-state index in [2.05, 4.69) is 9.72 Å². The number of hydrogen-bond acceptors (Lipinski definition) is 3. The Kier molecular flexibility index (Phi) is 4.07. The molecule has 0 spiro atoms. The summed E-state index contributed by atoms with van der Waals surface area (Å²) in [5, 5.41) is 14.1. The smallest absolute Gasteiger partial charge is 0.544 e. The van der Waals surface area contributed by atoms with Crippen molar-refractivity contribution in [3.05, 3.63) is 65.4 Å². The van der Waals surface area contributed by atoms with Gasteiger partial charge in [-0.2, -0.15) is 0 Å². The maximum absolute atomic E-state index is 12.3. The Morgan fingerprint density at radius 1 is 1.15 bits per heavy atom. The van der Waals surface area contributed by atoms with E-state index >= 15 is 0 Å². The van der Waals surface area contributed by atoms with E-state index in [1.54, 1.807) is 5.32 Å². The van der Waals surface area contributed by atoms with E-state index in [-0.39, 0.29) is 5.75 Å². The highest BCUT2D eigenvalue weighted by atomic mass is 19.4. The lowest BCUT2D eigenvalue weighted by atomic mass is 9.90. The van der Waals surface area contributed by atoms with Crippen molar-refractivity contribution < 1.29 is 33.1 Å². The number of fused-ring (bicyclic) bond motifs is 3. The molecule has 1 aliphatic heterocycles. The van der Waals surface area contributed by atoms with Crippen LogP contribution in [0.4, 0.5) is 13.2 Å². The van der Waals surface area contributed by atoms with Crippen LogP contribution in [0.1, 0.15) is 22.9 Å². The third-order valence-electron chi connectivity index (χ3n) is 4.78. The number of aromatic nitrogens is 1. The zero-order valence-corrected chi connectivity index (χ0v) is 13.9. The minimum absolute atomic E-state index is 0.313. The number of halogens is 3. The normalized spacial score (nSPS) is 19.7. The molecule has 1 aromatic heterocycles. The first-order valence-electron chi connectivity index (χ1n) is 8.33. The van der Waals surface area contributed by atoms with Crippen LogP contribution < -0.4 is 15.2 Å². The van der Waals surface area contributed by atoms with Crippen molar-refractivity contribution in [3.63, 3.8) is 0 Å². The number of H-pyrrole nitrogens is 1. The van der Waals surface area contributed by atoms with Gasteiger partial charge in [-0.3, -0.25) is 0 Å². The van der Waals surface area contributed by atoms with Crippen molar-refractivity contribution in [2.45, 2.75) is 24.9 Å². The van der Waals surface area contributed by atoms with Crippen LogP contribution in [0.25, 0.3) is 10.9 Å². The highest BCUT2D eigenvalue weighted by Gasteiger charge is 2.35. The number of nitrogens with one attached hydrogen (secondary N) is 1. The molecule has 27 heavy (non-hydrogen) atoms. The average molecular weight is 376 g/mol. The number of hydrogen-bond donors (Lipinski definition) is 2. The van der Waals surface area contributed by atoms with Crippen LogP contribution >= 0.6 is 0 Å². The van der Waals surface area contributed by atoms with Gasteiger partial charge in [-0.15, -0.1) is 13.2 Å². The second-order valence-corrected chi connectivity index (χ2v) is 6.48. The maximum Gasteiger partial charge on any atom is 0.573 e. The average Bonchev–Trinajstić information content (AvgIpc) is 2.99. The third kappa shape index (κ3) is 3.35. The zero-order valence-electron chi connectivity index (χ0n) is 13.9. The summed E-state index contributed by atoms with van der Waals surface area (Å²) in [6.07, 6.45) is -4.45. The maximum atomic E-state index is 12.3. The number of nitrogens with two attached hydrogens (primary N) is 1. The second-order valence-electron chi connectivity index (χ2n) is 6.48. The van der Waals surface area contributed by atoms with E-state index in [0.717, 1.165) is 22.2 Å². The molecule has 0 amide bonds. The van der Waals surface area contributed by atoms with E-state index in [1.165, 1.54) is 24.3 Å². The molecule has 0 aliphatic carbocycles. The van der Waals surface area contributed by atoms with E-state index < -0.39 is 24.4 Å². The molecule has 0 fully saturated rings. The molecule has 0 saturated carbocycles. The van der Waals surface area contributed by atoms with Gasteiger partial charge in [-0.05, 0) is 35.9 Å². The number of benzene rings is 2. The van der Waals surface area contributed by atoms with Gasteiger partial charge in [-0.25, -0.2) is 0 Å². The van der Waals surface area contributed by atoms with Crippen LogP contribution in [0.3, 0.4) is 0 Å². The summed E-state index contributed by atoms with van der Waals surface area (Å²) in [6.45, 7) is 0. The lowest BCUT2D eigenvalue weighted by Gasteiger charge is -2.29. The summed E-state index contributed by atoms with van der Waals surface area (Å²) >= 11 is 0. The first-order valence-corrected chi connectivity index (χ1v) is 8.33. The van der Waals surface area contributed by atoms with Gasteiger partial charge >= 0.3 is 6.36 Å². The van der Waals surface area contributed by atoms with Crippen LogP contribution in [-0.2, 0) is 11.2 Å². The minimum atomic E-state index is -4.76. The molecule has 3 aromatic rings. The molecule has 0 bridgehead atoms. The first-order chi connectivity index (χ1) is 12.8. The third-order valence-corrected chi connectivity index (χ3v) is 4.78. The molecule has 140 valence electrons. The van der Waals surface area contributed by atoms with Gasteiger partial charge in [0.05, 0.1) is 11.7 Å². The second kappa shape index (κ2) is 6.31. The number of para-hydroxylation sites is 1. The Balaban J connectivity index is 1.75. The predicted octanol–water partition coefficient (Wildman–Crippen LogP) is 1.39. The number of carboxylic acids is 1. The van der Waals surface area contributed by atoms with Crippen molar-refractivity contribution in [1.82, 2.24) is 4.98 Å². The zero-order chi connectivity index (χ0) is 19.2.